The van der Waals surface area contributed by atoms with Crippen molar-refractivity contribution in [3.63, 3.8) is 0 Å². The predicted molar refractivity (Wildman–Crippen MR) is 563 cm³/mol. The van der Waals surface area contributed by atoms with Gasteiger partial charge in [0, 0.05) is 39.2 Å². The van der Waals surface area contributed by atoms with Crippen LogP contribution in [-0.4, -0.2) is 17.9 Å². The zero-order valence-corrected chi connectivity index (χ0v) is 85.5. The number of fused-ring (bicyclic) bond motifs is 15. The Morgan fingerprint density at radius 1 is 0.222 bits per heavy atom. The monoisotopic (exact) mass is 1700 g/mol. The van der Waals surface area contributed by atoms with Gasteiger partial charge in [-0.05, 0) is 147 Å². The summed E-state index contributed by atoms with van der Waals surface area (Å²) >= 11 is 0. The highest BCUT2D eigenvalue weighted by molar-refractivity contribution is 6.14. The Hall–Kier alpha value is -12.1. The molecule has 7 heterocycles. The van der Waals surface area contributed by atoms with Gasteiger partial charge < -0.3 is 0 Å². The van der Waals surface area contributed by atoms with Crippen LogP contribution in [0.3, 0.4) is 0 Å². The van der Waals surface area contributed by atoms with Gasteiger partial charge in [-0.1, -0.05) is 382 Å². The van der Waals surface area contributed by atoms with E-state index >= 15 is 0 Å². The molecule has 0 N–H and O–H groups in total. The molecule has 0 amide bonds. The van der Waals surface area contributed by atoms with Gasteiger partial charge >= 0.3 is 0 Å². The van der Waals surface area contributed by atoms with Crippen molar-refractivity contribution in [2.24, 2.45) is 35.2 Å². The molecule has 0 fully saturated rings. The van der Waals surface area contributed by atoms with Gasteiger partial charge in [-0.3, -0.25) is 0 Å². The number of aryl methyl sites for hydroxylation is 10. The van der Waals surface area contributed by atoms with Gasteiger partial charge in [0.2, 0.25) is 5.69 Å². The first kappa shape index (κ1) is 114. The molecule has 0 aliphatic rings. The lowest BCUT2D eigenvalue weighted by Crippen LogP contribution is -2.30. The molecule has 0 aliphatic carbocycles. The summed E-state index contributed by atoms with van der Waals surface area (Å²) in [6, 6.07) is 100. The van der Waals surface area contributed by atoms with Crippen LogP contribution in [0.4, 0.5) is 0 Å². The maximum Gasteiger partial charge on any atom is 0.295 e. The van der Waals surface area contributed by atoms with Gasteiger partial charge in [-0.2, -0.15) is 17.9 Å². The summed E-state index contributed by atoms with van der Waals surface area (Å²) < 4.78 is 20.4. The fourth-order valence-electron chi connectivity index (χ4n) is 14.4. The lowest BCUT2D eigenvalue weighted by Gasteiger charge is -2.06. The van der Waals surface area contributed by atoms with Gasteiger partial charge in [-0.25, -0.2) is 22.8 Å². The zero-order valence-electron chi connectivity index (χ0n) is 85.5. The molecule has 18 rings (SSSR count). The summed E-state index contributed by atoms with van der Waals surface area (Å²) in [7, 11) is 10.6. The molecule has 9 heteroatoms. The predicted octanol–water partition coefficient (Wildman–Crippen LogP) is 32.5. The largest absolute Gasteiger partial charge is 0.295 e. The third-order valence-corrected chi connectivity index (χ3v) is 19.2. The minimum atomic E-state index is 1.18. The first-order valence-electron chi connectivity index (χ1n) is 47.6. The second-order valence-electron chi connectivity index (χ2n) is 25.5. The van der Waals surface area contributed by atoms with Crippen molar-refractivity contribution in [3.05, 3.63) is 344 Å². The van der Waals surface area contributed by atoms with Crippen LogP contribution in [-0.2, 0) is 35.2 Å². The maximum absolute atomic E-state index is 2.40. The van der Waals surface area contributed by atoms with Gasteiger partial charge in [0.1, 0.15) is 54.2 Å². The van der Waals surface area contributed by atoms with Crippen molar-refractivity contribution >= 4 is 76.7 Å². The SMILES string of the molecule is CC.CC.CC.CC.CC.CC.CC.CC.CC.CC.CC.CC.CC.CC.Cc1cccc2c3ccccc3n3c4ccccc4[n+](C)c3c12.Cc1cccc2c3ccccc3n3cc[n+](C)c3c12.Cc1ccccc1-c1cccc[n+]1C.Cc1ccccc1-c1n(-c2ccccc2)c2ccccc2[n+]1C.Cc1ccccc1-c1n(-c2ccccc2)cc[n+]1C. The highest BCUT2D eigenvalue weighted by atomic mass is 15.2. The van der Waals surface area contributed by atoms with E-state index in [0.29, 0.717) is 0 Å². The van der Waals surface area contributed by atoms with Crippen LogP contribution >= 0.6 is 0 Å². The fourth-order valence-corrected chi connectivity index (χ4v) is 14.4. The highest BCUT2D eigenvalue weighted by Crippen LogP contribution is 2.35. The Bertz CT molecular complexity index is 5910. The van der Waals surface area contributed by atoms with Crippen LogP contribution in [0, 0.1) is 34.6 Å². The van der Waals surface area contributed by atoms with E-state index in [-0.39, 0.29) is 0 Å². The number of pyridine rings is 3. The molecular formula is C117H166N9+5. The molecule has 0 spiro atoms. The Kier molecular flexibility index (Phi) is 58.5. The van der Waals surface area contributed by atoms with E-state index in [4.69, 9.17) is 0 Å². The van der Waals surface area contributed by atoms with Crippen molar-refractivity contribution in [2.75, 3.05) is 0 Å². The van der Waals surface area contributed by atoms with E-state index < -0.39 is 0 Å². The van der Waals surface area contributed by atoms with Crippen molar-refractivity contribution in [1.82, 2.24) is 17.9 Å². The van der Waals surface area contributed by atoms with Gasteiger partial charge in [-0.15, -0.1) is 0 Å². The summed E-state index contributed by atoms with van der Waals surface area (Å²) in [5.41, 5.74) is 24.0. The van der Waals surface area contributed by atoms with E-state index in [9.17, 15) is 0 Å². The Morgan fingerprint density at radius 3 is 1.03 bits per heavy atom. The average Bonchev–Trinajstić information content (AvgIpc) is 1.53. The van der Waals surface area contributed by atoms with Crippen LogP contribution in [0.25, 0.3) is 122 Å². The Morgan fingerprint density at radius 2 is 0.563 bits per heavy atom. The number of rotatable bonds is 5. The lowest BCUT2D eigenvalue weighted by atomic mass is 10.0. The van der Waals surface area contributed by atoms with Crippen LogP contribution in [0.2, 0.25) is 0 Å². The van der Waals surface area contributed by atoms with Crippen molar-refractivity contribution in [1.29, 1.82) is 0 Å². The number of hydrogen-bond acceptors (Lipinski definition) is 0. The summed E-state index contributed by atoms with van der Waals surface area (Å²) in [5, 5.41) is 7.95. The van der Waals surface area contributed by atoms with Crippen molar-refractivity contribution in [3.8, 4) is 45.4 Å². The number of imidazole rings is 4. The average molecular weight is 1700 g/mol. The molecule has 18 aromatic rings. The molecule has 126 heavy (non-hydrogen) atoms. The van der Waals surface area contributed by atoms with Gasteiger partial charge in [0.15, 0.2) is 28.3 Å². The minimum absolute atomic E-state index is 1.18. The van der Waals surface area contributed by atoms with Gasteiger partial charge in [0.25, 0.3) is 22.9 Å². The van der Waals surface area contributed by atoms with E-state index in [2.05, 4.69) is 415 Å². The number of para-hydroxylation sites is 8. The quantitative estimate of drug-likeness (QED) is 0.122. The minimum Gasteiger partial charge on any atom is -0.232 e. The lowest BCUT2D eigenvalue weighted by molar-refractivity contribution is -0.660. The molecule has 0 radical (unpaired) electrons. The summed E-state index contributed by atoms with van der Waals surface area (Å²) in [4.78, 5) is 0. The van der Waals surface area contributed by atoms with Crippen LogP contribution < -0.4 is 22.8 Å². The second-order valence-corrected chi connectivity index (χ2v) is 25.5. The Labute approximate surface area is 765 Å². The molecule has 0 atom stereocenters. The molecular weight excluding hydrogens is 1530 g/mol. The number of benzene rings is 11. The smallest absolute Gasteiger partial charge is 0.232 e. The summed E-state index contributed by atoms with van der Waals surface area (Å²) in [6.07, 6.45) is 10.5. The fraction of sp³-hybridized carbons (Fsp3) is 0.325. The third-order valence-electron chi connectivity index (χ3n) is 19.2. The molecule has 7 aromatic heterocycles. The standard InChI is InChI=1S/C21H17N2.C21H19N2.C17H15N2.C17H17N2.C13H14N.14C2H6/c1-14-8-7-10-16-15-9-3-4-11-17(15)23-19-13-6-5-12-18(19)22(2)21(23)20(14)16;1-16-10-6-7-13-18(16)21-22(2)19-14-8-9-15-20(19)23(21)17-11-4-3-5-12-17;1-12-6-5-8-14-13-7-3-4-9-15(13)19-11-10-18(2)17(19)16(12)14;1-14-8-6-7-11-16(14)17-18(2)12-13-19(17)15-9-4-3-5-10-15;1-11-7-3-4-8-12(11)13-9-5-6-10-14(13)2;14*1-2/h3-13H,1-2H3;3-15H,1-2H3;3-11H,1-2H3;3-13H,1-2H3;3-10H,1-2H3;14*1-2H3/q5*+1;;;;;;;;;;;;;;. The second kappa shape index (κ2) is 64.7. The first-order valence-corrected chi connectivity index (χ1v) is 47.6. The van der Waals surface area contributed by atoms with Gasteiger partial charge in [0.05, 0.1) is 50.1 Å². The Balaban J connectivity index is 0.00000145. The van der Waals surface area contributed by atoms with E-state index in [1.807, 2.05) is 206 Å². The van der Waals surface area contributed by atoms with E-state index in [1.54, 1.807) is 0 Å². The first-order chi connectivity index (χ1) is 61.9. The molecule has 0 bridgehead atoms. The normalized spacial score (nSPS) is 9.35. The number of hydrogen-bond donors (Lipinski definition) is 0. The number of nitrogens with zero attached hydrogens (tertiary/aromatic N) is 9. The molecule has 0 aliphatic heterocycles. The van der Waals surface area contributed by atoms with Crippen LogP contribution in [0.5, 0.6) is 0 Å². The maximum atomic E-state index is 2.40. The van der Waals surface area contributed by atoms with Crippen molar-refractivity contribution < 1.29 is 22.8 Å². The van der Waals surface area contributed by atoms with Crippen LogP contribution in [0.15, 0.2) is 316 Å². The zero-order chi connectivity index (χ0) is 95.6. The van der Waals surface area contributed by atoms with Crippen LogP contribution in [0.1, 0.15) is 222 Å². The molecule has 0 saturated heterocycles. The molecule has 9 nitrogen and oxygen atoms in total. The highest BCUT2D eigenvalue weighted by Gasteiger charge is 2.28. The topological polar surface area (TPSA) is 38.1 Å². The number of aromatic nitrogens is 9. The van der Waals surface area contributed by atoms with E-state index in [1.165, 1.54) is 150 Å². The molecule has 11 aromatic carbocycles. The molecule has 0 unspecified atom stereocenters. The van der Waals surface area contributed by atoms with Crippen molar-refractivity contribution in [2.45, 2.75) is 228 Å². The third kappa shape index (κ3) is 28.0. The summed E-state index contributed by atoms with van der Waals surface area (Å²) in [5.74, 6) is 2.40. The molecule has 674 valence electrons. The van der Waals surface area contributed by atoms with E-state index in [0.717, 1.165) is 0 Å². The summed E-state index contributed by atoms with van der Waals surface area (Å²) in [6.45, 7) is 66.8. The molecule has 0 saturated carbocycles.